The summed E-state index contributed by atoms with van der Waals surface area (Å²) in [5.41, 5.74) is 3.85. The molecule has 5 rings (SSSR count). The first-order chi connectivity index (χ1) is 18.0. The Morgan fingerprint density at radius 2 is 1.97 bits per heavy atom. The molecule has 0 bridgehead atoms. The van der Waals surface area contributed by atoms with Crippen LogP contribution in [0.25, 0.3) is 11.0 Å². The second-order valence-corrected chi connectivity index (χ2v) is 9.73. The fourth-order valence-corrected chi connectivity index (χ4v) is 5.20. The third-order valence-corrected chi connectivity index (χ3v) is 7.10. The van der Waals surface area contributed by atoms with Gasteiger partial charge in [-0.3, -0.25) is 19.8 Å². The Labute approximate surface area is 216 Å². The average Bonchev–Trinajstić information content (AvgIpc) is 3.11. The normalized spacial score (nSPS) is 18.9. The number of nitrogens with zero attached hydrogens (tertiary/aromatic N) is 6. The van der Waals surface area contributed by atoms with Crippen LogP contribution < -0.4 is 5.32 Å². The summed E-state index contributed by atoms with van der Waals surface area (Å²) < 4.78 is 7.53. The lowest BCUT2D eigenvalue weighted by molar-refractivity contribution is -0.127. The van der Waals surface area contributed by atoms with Gasteiger partial charge in [0.15, 0.2) is 0 Å². The summed E-state index contributed by atoms with van der Waals surface area (Å²) in [4.78, 5) is 35.4. The first-order valence-corrected chi connectivity index (χ1v) is 12.8. The maximum Gasteiger partial charge on any atom is 0.259 e. The van der Waals surface area contributed by atoms with Crippen LogP contribution in [0.4, 0.5) is 5.95 Å². The van der Waals surface area contributed by atoms with Crippen molar-refractivity contribution in [2.45, 2.75) is 32.2 Å². The van der Waals surface area contributed by atoms with E-state index < -0.39 is 0 Å². The molecule has 10 heteroatoms. The van der Waals surface area contributed by atoms with E-state index in [9.17, 15) is 9.59 Å². The maximum absolute atomic E-state index is 13.5. The summed E-state index contributed by atoms with van der Waals surface area (Å²) in [6, 6.07) is 7.53. The van der Waals surface area contributed by atoms with Crippen LogP contribution in [-0.2, 0) is 9.53 Å². The molecule has 0 radical (unpaired) electrons. The van der Waals surface area contributed by atoms with Crippen molar-refractivity contribution in [1.82, 2.24) is 29.5 Å². The van der Waals surface area contributed by atoms with E-state index in [1.54, 1.807) is 6.07 Å². The lowest BCUT2D eigenvalue weighted by Crippen LogP contribution is -2.42. The highest BCUT2D eigenvalue weighted by Gasteiger charge is 2.29. The zero-order chi connectivity index (χ0) is 25.8. The SMILES string of the molecule is C=C(CN1CCOCC1)C(=O)N1CCCC[C@@H](n2c(NC(=O)c3ccnnc3)nc3cccc(C)c32)C1. The number of hydrogen-bond donors (Lipinski definition) is 1. The maximum atomic E-state index is 13.5. The number of carbonyl (C=O) groups is 2. The highest BCUT2D eigenvalue weighted by Crippen LogP contribution is 2.32. The van der Waals surface area contributed by atoms with E-state index in [2.05, 4.69) is 31.6 Å². The molecule has 194 valence electrons. The third-order valence-electron chi connectivity index (χ3n) is 7.10. The van der Waals surface area contributed by atoms with Gasteiger partial charge in [0.05, 0.1) is 48.2 Å². The number of amides is 2. The number of benzene rings is 1. The molecule has 2 aromatic heterocycles. The Morgan fingerprint density at radius 1 is 1.14 bits per heavy atom. The van der Waals surface area contributed by atoms with Crippen molar-refractivity contribution in [2.24, 2.45) is 0 Å². The molecular weight excluding hydrogens is 470 g/mol. The Balaban J connectivity index is 1.42. The van der Waals surface area contributed by atoms with Crippen LogP contribution in [0.5, 0.6) is 0 Å². The number of morpholine rings is 1. The molecule has 2 fully saturated rings. The molecule has 0 spiro atoms. The number of nitrogens with one attached hydrogen (secondary N) is 1. The molecule has 37 heavy (non-hydrogen) atoms. The van der Waals surface area contributed by atoms with Crippen molar-refractivity contribution in [3.63, 3.8) is 0 Å². The molecular formula is C27H33N7O3. The second-order valence-electron chi connectivity index (χ2n) is 9.73. The third kappa shape index (κ3) is 5.55. The summed E-state index contributed by atoms with van der Waals surface area (Å²) in [7, 11) is 0. The van der Waals surface area contributed by atoms with E-state index in [1.165, 1.54) is 12.4 Å². The van der Waals surface area contributed by atoms with Gasteiger partial charge in [0.25, 0.3) is 11.8 Å². The van der Waals surface area contributed by atoms with E-state index in [0.29, 0.717) is 49.9 Å². The molecule has 2 aliphatic rings. The highest BCUT2D eigenvalue weighted by atomic mass is 16.5. The largest absolute Gasteiger partial charge is 0.379 e. The van der Waals surface area contributed by atoms with Crippen molar-refractivity contribution >= 4 is 28.8 Å². The molecule has 0 aliphatic carbocycles. The van der Waals surface area contributed by atoms with Crippen LogP contribution in [0.15, 0.2) is 48.8 Å². The summed E-state index contributed by atoms with van der Waals surface area (Å²) in [6.45, 7) is 10.9. The zero-order valence-corrected chi connectivity index (χ0v) is 21.2. The van der Waals surface area contributed by atoms with Gasteiger partial charge >= 0.3 is 0 Å². The molecule has 2 aliphatic heterocycles. The molecule has 2 saturated heterocycles. The topological polar surface area (TPSA) is 105 Å². The van der Waals surface area contributed by atoms with Crippen molar-refractivity contribution in [3.05, 3.63) is 59.9 Å². The molecule has 3 aromatic rings. The van der Waals surface area contributed by atoms with Gasteiger partial charge in [0.1, 0.15) is 0 Å². The van der Waals surface area contributed by atoms with Crippen molar-refractivity contribution in [1.29, 1.82) is 0 Å². The van der Waals surface area contributed by atoms with Gasteiger partial charge in [0.2, 0.25) is 5.95 Å². The fraction of sp³-hybridized carbons (Fsp3) is 0.444. The van der Waals surface area contributed by atoms with Crippen LogP contribution in [0.2, 0.25) is 0 Å². The molecule has 1 atom stereocenters. The van der Waals surface area contributed by atoms with Gasteiger partial charge in [-0.1, -0.05) is 18.7 Å². The van der Waals surface area contributed by atoms with E-state index in [-0.39, 0.29) is 17.9 Å². The monoisotopic (exact) mass is 503 g/mol. The van der Waals surface area contributed by atoms with E-state index in [1.807, 2.05) is 30.0 Å². The van der Waals surface area contributed by atoms with E-state index >= 15 is 0 Å². The van der Waals surface area contributed by atoms with Crippen LogP contribution in [0, 0.1) is 6.92 Å². The minimum atomic E-state index is -0.301. The van der Waals surface area contributed by atoms with Gasteiger partial charge in [-0.2, -0.15) is 10.2 Å². The Kier molecular flexibility index (Phi) is 7.57. The lowest BCUT2D eigenvalue weighted by Gasteiger charge is -2.30. The molecule has 0 saturated carbocycles. The number of imidazole rings is 1. The minimum absolute atomic E-state index is 0.00650. The predicted molar refractivity (Wildman–Crippen MR) is 140 cm³/mol. The van der Waals surface area contributed by atoms with Crippen LogP contribution in [0.1, 0.15) is 41.2 Å². The number of fused-ring (bicyclic) bond motifs is 1. The molecule has 4 heterocycles. The van der Waals surface area contributed by atoms with Crippen LogP contribution in [-0.4, -0.2) is 87.3 Å². The van der Waals surface area contributed by atoms with Gasteiger partial charge in [-0.05, 0) is 43.9 Å². The number of aromatic nitrogens is 4. The van der Waals surface area contributed by atoms with Gasteiger partial charge < -0.3 is 14.2 Å². The molecule has 0 unspecified atom stereocenters. The predicted octanol–water partition coefficient (Wildman–Crippen LogP) is 2.83. The highest BCUT2D eigenvalue weighted by molar-refractivity contribution is 6.04. The Morgan fingerprint density at radius 3 is 2.76 bits per heavy atom. The number of para-hydroxylation sites is 1. The number of rotatable bonds is 6. The Hall–Kier alpha value is -3.63. The number of aryl methyl sites for hydroxylation is 1. The first kappa shape index (κ1) is 25.0. The van der Waals surface area contributed by atoms with Crippen LogP contribution >= 0.6 is 0 Å². The summed E-state index contributed by atoms with van der Waals surface area (Å²) in [5, 5.41) is 10.6. The number of hydrogen-bond acceptors (Lipinski definition) is 7. The van der Waals surface area contributed by atoms with Gasteiger partial charge in [-0.25, -0.2) is 4.98 Å². The molecule has 1 aromatic carbocycles. The van der Waals surface area contributed by atoms with Crippen LogP contribution in [0.3, 0.4) is 0 Å². The lowest BCUT2D eigenvalue weighted by atomic mass is 10.1. The van der Waals surface area contributed by atoms with E-state index in [4.69, 9.17) is 9.72 Å². The quantitative estimate of drug-likeness (QED) is 0.516. The summed E-state index contributed by atoms with van der Waals surface area (Å²) in [6.07, 6.45) is 5.68. The molecule has 10 nitrogen and oxygen atoms in total. The van der Waals surface area contributed by atoms with Crippen molar-refractivity contribution < 1.29 is 14.3 Å². The standard InChI is InChI=1S/C27H33N7O3/c1-19-6-5-8-23-24(19)34(27(30-23)31-25(35)21-9-10-28-29-16-21)22-7-3-4-11-33(18-22)26(36)20(2)17-32-12-14-37-15-13-32/h5-6,8-10,16,22H,2-4,7,11-15,17-18H2,1H3,(H,30,31,35)/t22-/m1/s1. The first-order valence-electron chi connectivity index (χ1n) is 12.8. The van der Waals surface area contributed by atoms with Crippen molar-refractivity contribution in [3.8, 4) is 0 Å². The molecule has 1 N–H and O–H groups in total. The number of likely N-dealkylation sites (tertiary alicyclic amines) is 1. The Bertz CT molecular complexity index is 1280. The second kappa shape index (κ2) is 11.2. The zero-order valence-electron chi connectivity index (χ0n) is 21.2. The van der Waals surface area contributed by atoms with Gasteiger partial charge in [0, 0.05) is 38.3 Å². The molecule has 2 amide bonds. The fourth-order valence-electron chi connectivity index (χ4n) is 5.20. The van der Waals surface area contributed by atoms with Gasteiger partial charge in [-0.15, -0.1) is 0 Å². The average molecular weight is 504 g/mol. The smallest absolute Gasteiger partial charge is 0.259 e. The summed E-state index contributed by atoms with van der Waals surface area (Å²) in [5.74, 6) is 0.162. The van der Waals surface area contributed by atoms with E-state index in [0.717, 1.165) is 48.9 Å². The minimum Gasteiger partial charge on any atom is -0.379 e. The van der Waals surface area contributed by atoms with Crippen molar-refractivity contribution in [2.75, 3.05) is 51.3 Å². The summed E-state index contributed by atoms with van der Waals surface area (Å²) >= 11 is 0. The number of anilines is 1. The number of ether oxygens (including phenoxy) is 1. The number of carbonyl (C=O) groups excluding carboxylic acids is 2.